The first kappa shape index (κ1) is 32.1. The Kier molecular flexibility index (Phi) is 8.61. The second-order valence-corrected chi connectivity index (χ2v) is 9.13. The lowest BCUT2D eigenvalue weighted by Gasteiger charge is -2.38. The first-order valence-corrected chi connectivity index (χ1v) is 12.3. The third-order valence-corrected chi connectivity index (χ3v) is 6.49. The van der Waals surface area contributed by atoms with E-state index in [2.05, 4.69) is 0 Å². The monoisotopic (exact) mass is 634 g/mol. The van der Waals surface area contributed by atoms with Crippen LogP contribution in [0, 0.1) is 20.2 Å². The molecule has 0 spiro atoms. The molecule has 0 amide bonds. The molecule has 4 aromatic carbocycles. The Labute approximate surface area is 247 Å². The number of carbonyl (C=O) groups excluding carboxylic acids is 2. The van der Waals surface area contributed by atoms with Gasteiger partial charge in [-0.3, -0.25) is 20.2 Å². The number of para-hydroxylation sites is 4. The first-order valence-electron chi connectivity index (χ1n) is 12.3. The van der Waals surface area contributed by atoms with Gasteiger partial charge in [0.2, 0.25) is 16.9 Å². The van der Waals surface area contributed by atoms with Crippen molar-refractivity contribution in [1.29, 1.82) is 0 Å². The maximum atomic E-state index is 14.5. The fourth-order valence-electron chi connectivity index (χ4n) is 4.40. The van der Waals surface area contributed by atoms with Crippen LogP contribution in [-0.2, 0) is 5.41 Å². The molecule has 0 fully saturated rings. The lowest BCUT2D eigenvalue weighted by atomic mass is 9.72. The van der Waals surface area contributed by atoms with Crippen molar-refractivity contribution in [2.45, 2.75) is 17.8 Å². The molecule has 0 heterocycles. The zero-order chi connectivity index (χ0) is 33.2. The zero-order valence-corrected chi connectivity index (χ0v) is 22.2. The molecular weight excluding hydrogens is 618 g/mol. The van der Waals surface area contributed by atoms with Gasteiger partial charge in [-0.2, -0.15) is 26.3 Å². The van der Waals surface area contributed by atoms with Crippen LogP contribution in [0.2, 0.25) is 0 Å². The maximum absolute atomic E-state index is 14.5. The second-order valence-electron chi connectivity index (χ2n) is 9.13. The van der Waals surface area contributed by atoms with Crippen LogP contribution in [0.5, 0.6) is 11.5 Å². The van der Waals surface area contributed by atoms with Gasteiger partial charge in [0.15, 0.2) is 0 Å². The molecule has 0 atom stereocenters. The van der Waals surface area contributed by atoms with E-state index in [0.29, 0.717) is 48.5 Å². The molecule has 0 unspecified atom stereocenters. The summed E-state index contributed by atoms with van der Waals surface area (Å²) in [5.41, 5.74) is -9.58. The SMILES string of the molecule is O=C(Oc1ccccc1[N+](=O)[O-])c1ccc(C(c2ccc(C(=O)Oc3ccccc3[N+](=O)[O-])cc2)(C(F)(F)F)C(F)(F)F)cc1. The summed E-state index contributed by atoms with van der Waals surface area (Å²) in [6.07, 6.45) is -12.0. The summed E-state index contributed by atoms with van der Waals surface area (Å²) in [6, 6.07) is 13.5. The van der Waals surface area contributed by atoms with Crippen LogP contribution < -0.4 is 9.47 Å². The summed E-state index contributed by atoms with van der Waals surface area (Å²) in [5.74, 6) is -3.59. The number of nitrogens with zero attached hydrogens (tertiary/aromatic N) is 2. The third kappa shape index (κ3) is 6.15. The Morgan fingerprint density at radius 2 is 0.844 bits per heavy atom. The molecule has 4 rings (SSSR count). The fourth-order valence-corrected chi connectivity index (χ4v) is 4.40. The van der Waals surface area contributed by atoms with E-state index in [1.165, 1.54) is 24.3 Å². The number of hydrogen-bond acceptors (Lipinski definition) is 8. The first-order chi connectivity index (χ1) is 21.1. The van der Waals surface area contributed by atoms with Crippen LogP contribution in [-0.4, -0.2) is 34.1 Å². The van der Waals surface area contributed by atoms with Gasteiger partial charge in [0.1, 0.15) is 0 Å². The summed E-state index contributed by atoms with van der Waals surface area (Å²) < 4.78 is 97.1. The van der Waals surface area contributed by atoms with Crippen molar-refractivity contribution in [3.05, 3.63) is 140 Å². The van der Waals surface area contributed by atoms with Gasteiger partial charge in [0.25, 0.3) is 0 Å². The summed E-state index contributed by atoms with van der Waals surface area (Å²) in [7, 11) is 0. The molecule has 0 bridgehead atoms. The van der Waals surface area contributed by atoms with Crippen molar-refractivity contribution in [3.8, 4) is 11.5 Å². The predicted molar refractivity (Wildman–Crippen MR) is 142 cm³/mol. The highest BCUT2D eigenvalue weighted by Crippen LogP contribution is 2.56. The molecule has 0 aliphatic heterocycles. The predicted octanol–water partition coefficient (Wildman–Crippen LogP) is 7.35. The minimum atomic E-state index is -6.01. The van der Waals surface area contributed by atoms with Gasteiger partial charge < -0.3 is 9.47 Å². The number of alkyl halides is 6. The second kappa shape index (κ2) is 12.1. The largest absolute Gasteiger partial charge is 0.416 e. The standard InChI is InChI=1S/C29H16F6N2O8/c30-28(31,32)27(29(33,34)35,19-13-9-17(10-14-19)25(38)44-23-7-3-1-5-21(23)36(40)41)20-15-11-18(12-16-20)26(39)45-24-8-4-2-6-22(24)37(42)43/h1-16H. The van der Waals surface area contributed by atoms with Crippen LogP contribution in [0.15, 0.2) is 97.1 Å². The molecule has 45 heavy (non-hydrogen) atoms. The Balaban J connectivity index is 1.70. The number of halogens is 6. The molecule has 4 aromatic rings. The summed E-state index contributed by atoms with van der Waals surface area (Å²) in [5, 5.41) is 22.3. The third-order valence-electron chi connectivity index (χ3n) is 6.49. The van der Waals surface area contributed by atoms with E-state index >= 15 is 0 Å². The molecule has 0 saturated carbocycles. The number of benzene rings is 4. The van der Waals surface area contributed by atoms with Gasteiger partial charge in [0, 0.05) is 12.1 Å². The summed E-state index contributed by atoms with van der Waals surface area (Å²) in [4.78, 5) is 45.6. The average Bonchev–Trinajstić information content (AvgIpc) is 2.97. The molecule has 0 radical (unpaired) electrons. The van der Waals surface area contributed by atoms with Gasteiger partial charge in [-0.25, -0.2) is 9.59 Å². The number of nitro benzene ring substituents is 2. The Bertz CT molecular complexity index is 1640. The van der Waals surface area contributed by atoms with Crippen LogP contribution in [0.4, 0.5) is 37.7 Å². The molecule has 16 heteroatoms. The van der Waals surface area contributed by atoms with Crippen LogP contribution in [0.3, 0.4) is 0 Å². The fraction of sp³-hybridized carbons (Fsp3) is 0.103. The average molecular weight is 634 g/mol. The van der Waals surface area contributed by atoms with Gasteiger partial charge in [-0.1, -0.05) is 48.5 Å². The van der Waals surface area contributed by atoms with E-state index in [1.54, 1.807) is 0 Å². The van der Waals surface area contributed by atoms with Crippen LogP contribution in [0.1, 0.15) is 31.8 Å². The van der Waals surface area contributed by atoms with E-state index in [0.717, 1.165) is 24.3 Å². The van der Waals surface area contributed by atoms with Crippen molar-refractivity contribution in [3.63, 3.8) is 0 Å². The number of hydrogen-bond donors (Lipinski definition) is 0. The zero-order valence-electron chi connectivity index (χ0n) is 22.2. The van der Waals surface area contributed by atoms with E-state index in [-0.39, 0.29) is 0 Å². The highest BCUT2D eigenvalue weighted by Gasteiger charge is 2.72. The maximum Gasteiger partial charge on any atom is 0.411 e. The Morgan fingerprint density at radius 1 is 0.533 bits per heavy atom. The normalized spacial score (nSPS) is 11.9. The van der Waals surface area contributed by atoms with E-state index < -0.39 is 84.7 Å². The lowest BCUT2D eigenvalue weighted by molar-refractivity contribution is -0.385. The number of carbonyl (C=O) groups is 2. The molecule has 232 valence electrons. The minimum Gasteiger partial charge on any atom is -0.416 e. The van der Waals surface area contributed by atoms with E-state index in [9.17, 15) is 56.2 Å². The van der Waals surface area contributed by atoms with Gasteiger partial charge in [-0.15, -0.1) is 0 Å². The van der Waals surface area contributed by atoms with E-state index in [4.69, 9.17) is 9.47 Å². The van der Waals surface area contributed by atoms with Crippen molar-refractivity contribution in [2.75, 3.05) is 0 Å². The number of nitro groups is 2. The van der Waals surface area contributed by atoms with Gasteiger partial charge >= 0.3 is 35.7 Å². The van der Waals surface area contributed by atoms with Crippen molar-refractivity contribution >= 4 is 23.3 Å². The molecule has 0 aromatic heterocycles. The van der Waals surface area contributed by atoms with Crippen LogP contribution in [0.25, 0.3) is 0 Å². The highest BCUT2D eigenvalue weighted by atomic mass is 19.4. The number of esters is 2. The highest BCUT2D eigenvalue weighted by molar-refractivity contribution is 5.92. The number of rotatable bonds is 8. The minimum absolute atomic E-state index is 0.410. The quantitative estimate of drug-likeness (QED) is 0.0645. The summed E-state index contributed by atoms with van der Waals surface area (Å²) >= 11 is 0. The van der Waals surface area contributed by atoms with Crippen LogP contribution >= 0.6 is 0 Å². The topological polar surface area (TPSA) is 139 Å². The Hall–Kier alpha value is -5.80. The smallest absolute Gasteiger partial charge is 0.411 e. The van der Waals surface area contributed by atoms with Crippen molar-refractivity contribution in [1.82, 2.24) is 0 Å². The lowest BCUT2D eigenvalue weighted by Crippen LogP contribution is -2.54. The molecule has 0 saturated heterocycles. The molecular formula is C29H16F6N2O8. The molecule has 0 aliphatic carbocycles. The summed E-state index contributed by atoms with van der Waals surface area (Å²) in [6.45, 7) is 0. The molecule has 0 aliphatic rings. The van der Waals surface area contributed by atoms with E-state index in [1.807, 2.05) is 0 Å². The van der Waals surface area contributed by atoms with Crippen molar-refractivity contribution in [2.24, 2.45) is 0 Å². The van der Waals surface area contributed by atoms with Gasteiger partial charge in [-0.05, 0) is 47.5 Å². The Morgan fingerprint density at radius 3 is 1.13 bits per heavy atom. The van der Waals surface area contributed by atoms with Crippen molar-refractivity contribution < 1.29 is 55.3 Å². The number of ether oxygens (including phenoxy) is 2. The van der Waals surface area contributed by atoms with Gasteiger partial charge in [0.05, 0.1) is 21.0 Å². The molecule has 10 nitrogen and oxygen atoms in total. The molecule has 0 N–H and O–H groups in total.